The van der Waals surface area contributed by atoms with Gasteiger partial charge in [0.1, 0.15) is 0 Å². The summed E-state index contributed by atoms with van der Waals surface area (Å²) >= 11 is 17.1. The molecule has 0 atom stereocenters. The molecule has 0 aliphatic carbocycles. The molecule has 13 heavy (non-hydrogen) atoms. The molecule has 0 fully saturated rings. The summed E-state index contributed by atoms with van der Waals surface area (Å²) in [5.74, 6) is 0. The molecule has 1 nitrogen and oxygen atoms in total. The first-order valence-corrected chi connectivity index (χ1v) is 6.75. The Balaban J connectivity index is 0.000000671. The highest BCUT2D eigenvalue weighted by Gasteiger charge is 2.09. The van der Waals surface area contributed by atoms with Crippen LogP contribution in [-0.4, -0.2) is 0 Å². The molecular weight excluding hydrogens is 498 g/mol. The van der Waals surface area contributed by atoms with Gasteiger partial charge in [-0.2, -0.15) is 0 Å². The van der Waals surface area contributed by atoms with Crippen LogP contribution in [0.1, 0.15) is 0 Å². The van der Waals surface area contributed by atoms with Crippen molar-refractivity contribution >= 4 is 79.6 Å². The molecule has 0 aliphatic heterocycles. The van der Waals surface area contributed by atoms with Crippen LogP contribution in [0.4, 0.5) is 0 Å². The third kappa shape index (κ3) is 3.63. The van der Waals surface area contributed by atoms with Crippen LogP contribution in [0.5, 0.6) is 0 Å². The smallest absolute Gasteiger partial charge is 0.0482 e. The van der Waals surface area contributed by atoms with Crippen LogP contribution in [0.25, 0.3) is 0 Å². The molecule has 0 bridgehead atoms. The van der Waals surface area contributed by atoms with E-state index in [4.69, 9.17) is 5.26 Å². The Morgan fingerprint density at radius 1 is 0.769 bits per heavy atom. The van der Waals surface area contributed by atoms with Crippen molar-refractivity contribution < 1.29 is 0 Å². The van der Waals surface area contributed by atoms with Gasteiger partial charge in [-0.1, -0.05) is 0 Å². The maximum atomic E-state index is 6.50. The van der Waals surface area contributed by atoms with E-state index in [9.17, 15) is 0 Å². The van der Waals surface area contributed by atoms with E-state index in [1.54, 1.807) is 0 Å². The topological polar surface area (TPSA) is 23.8 Å². The van der Waals surface area contributed by atoms with E-state index in [1.165, 1.54) is 0 Å². The predicted octanol–water partition coefficient (Wildman–Crippen LogP) is 5.64. The number of nitriles is 1. The molecule has 0 amide bonds. The second kappa shape index (κ2) is 6.57. The molecule has 0 unspecified atom stereocenters. The van der Waals surface area contributed by atoms with E-state index in [-0.39, 0.29) is 0 Å². The SMILES string of the molecule is Brc1cc(Br)c(Br)c(Br)c1Br.C#N. The van der Waals surface area contributed by atoms with Crippen LogP contribution < -0.4 is 0 Å². The minimum absolute atomic E-state index is 0.999. The van der Waals surface area contributed by atoms with Gasteiger partial charge in [-0.05, 0) is 85.7 Å². The molecule has 0 spiro atoms. The van der Waals surface area contributed by atoms with Crippen molar-refractivity contribution in [3.05, 3.63) is 28.4 Å². The third-order valence-corrected chi connectivity index (χ3v) is 6.88. The van der Waals surface area contributed by atoms with E-state index in [2.05, 4.69) is 86.2 Å². The maximum absolute atomic E-state index is 6.50. The maximum Gasteiger partial charge on any atom is 0.0482 e. The van der Waals surface area contributed by atoms with Crippen LogP contribution in [-0.2, 0) is 0 Å². The number of nitrogens with zero attached hydrogens (tertiary/aromatic N) is 1. The molecule has 0 heterocycles. The van der Waals surface area contributed by atoms with Gasteiger partial charge < -0.3 is 0 Å². The van der Waals surface area contributed by atoms with Gasteiger partial charge in [-0.3, -0.25) is 0 Å². The van der Waals surface area contributed by atoms with E-state index in [0.29, 0.717) is 0 Å². The fourth-order valence-electron chi connectivity index (χ4n) is 0.544. The Morgan fingerprint density at radius 2 is 1.08 bits per heavy atom. The summed E-state index contributed by atoms with van der Waals surface area (Å²) in [5, 5.41) is 6.50. The molecule has 0 saturated heterocycles. The Labute approximate surface area is 119 Å². The predicted molar refractivity (Wildman–Crippen MR) is 71.6 cm³/mol. The van der Waals surface area contributed by atoms with Gasteiger partial charge in [0.15, 0.2) is 0 Å². The van der Waals surface area contributed by atoms with Crippen molar-refractivity contribution in [1.82, 2.24) is 0 Å². The highest BCUT2D eigenvalue weighted by Crippen LogP contribution is 2.40. The summed E-state index contributed by atoms with van der Waals surface area (Å²) < 4.78 is 5.04. The van der Waals surface area contributed by atoms with Gasteiger partial charge in [0.2, 0.25) is 0 Å². The van der Waals surface area contributed by atoms with Crippen molar-refractivity contribution in [3.63, 3.8) is 0 Å². The third-order valence-electron chi connectivity index (χ3n) is 1.06. The van der Waals surface area contributed by atoms with Gasteiger partial charge in [0.25, 0.3) is 0 Å². The van der Waals surface area contributed by atoms with Crippen molar-refractivity contribution in [2.45, 2.75) is 0 Å². The number of hydrogen-bond acceptors (Lipinski definition) is 1. The van der Waals surface area contributed by atoms with Crippen molar-refractivity contribution in [2.75, 3.05) is 0 Å². The van der Waals surface area contributed by atoms with E-state index in [1.807, 2.05) is 6.07 Å². The van der Waals surface area contributed by atoms with Crippen LogP contribution in [0.15, 0.2) is 28.4 Å². The summed E-state index contributed by atoms with van der Waals surface area (Å²) in [6, 6.07) is 1.97. The zero-order valence-electron chi connectivity index (χ0n) is 5.99. The van der Waals surface area contributed by atoms with E-state index < -0.39 is 0 Å². The molecule has 0 aliphatic rings. The van der Waals surface area contributed by atoms with Gasteiger partial charge in [-0.25, -0.2) is 5.26 Å². The second-order valence-corrected chi connectivity index (χ2v) is 5.87. The summed E-state index contributed by atoms with van der Waals surface area (Å²) in [7, 11) is 0. The molecule has 1 rings (SSSR count). The largest absolute Gasteiger partial charge is 0.202 e. The molecule has 0 N–H and O–H groups in total. The summed E-state index contributed by atoms with van der Waals surface area (Å²) in [4.78, 5) is 0. The van der Waals surface area contributed by atoms with Crippen molar-refractivity contribution in [2.24, 2.45) is 0 Å². The van der Waals surface area contributed by atoms with Gasteiger partial charge in [0, 0.05) is 28.9 Å². The standard InChI is InChI=1S/C6HBr5.CHN/c7-2-1-3(8)5(10)6(11)4(2)9;1-2/h1H;1H. The molecule has 0 aromatic heterocycles. The first-order valence-electron chi connectivity index (χ1n) is 2.78. The number of halogens is 5. The molecule has 0 radical (unpaired) electrons. The molecule has 1 aromatic carbocycles. The van der Waals surface area contributed by atoms with Crippen LogP contribution >= 0.6 is 79.6 Å². The van der Waals surface area contributed by atoms with E-state index >= 15 is 0 Å². The molecule has 6 heteroatoms. The lowest BCUT2D eigenvalue weighted by Crippen LogP contribution is -1.77. The zero-order chi connectivity index (χ0) is 10.6. The molecule has 70 valence electrons. The van der Waals surface area contributed by atoms with Crippen molar-refractivity contribution in [1.29, 1.82) is 5.26 Å². The first-order chi connectivity index (χ1) is 6.04. The Bertz CT molecular complexity index is 307. The lowest BCUT2D eigenvalue weighted by molar-refractivity contribution is 1.46. The van der Waals surface area contributed by atoms with E-state index in [0.717, 1.165) is 22.4 Å². The summed E-state index contributed by atoms with van der Waals surface area (Å²) in [5.41, 5.74) is 0. The average Bonchev–Trinajstić information content (AvgIpc) is 2.15. The van der Waals surface area contributed by atoms with Crippen LogP contribution in [0.3, 0.4) is 0 Å². The lowest BCUT2D eigenvalue weighted by atomic mass is 10.4. The van der Waals surface area contributed by atoms with Gasteiger partial charge in [-0.15, -0.1) is 0 Å². The summed E-state index contributed by atoms with van der Waals surface area (Å²) in [6.45, 7) is 3.50. The fourth-order valence-corrected chi connectivity index (χ4v) is 3.56. The molecule has 0 saturated carbocycles. The highest BCUT2D eigenvalue weighted by atomic mass is 79.9. The molecule has 1 aromatic rings. The Morgan fingerprint density at radius 3 is 1.38 bits per heavy atom. The van der Waals surface area contributed by atoms with Crippen LogP contribution in [0, 0.1) is 11.8 Å². The van der Waals surface area contributed by atoms with Gasteiger partial charge in [0.05, 0.1) is 0 Å². The van der Waals surface area contributed by atoms with Crippen LogP contribution in [0.2, 0.25) is 0 Å². The Hall–Kier alpha value is 1.11. The zero-order valence-corrected chi connectivity index (χ0v) is 13.9. The summed E-state index contributed by atoms with van der Waals surface area (Å²) in [6.07, 6.45) is 0. The lowest BCUT2D eigenvalue weighted by Gasteiger charge is -2.04. The number of benzene rings is 1. The monoisotopic (exact) mass is 495 g/mol. The fraction of sp³-hybridized carbons (Fsp3) is 0. The second-order valence-electron chi connectivity index (χ2n) is 1.78. The first kappa shape index (κ1) is 14.1. The Kier molecular flexibility index (Phi) is 7.13. The molecular formula is C7H2Br5N. The van der Waals surface area contributed by atoms with Gasteiger partial charge >= 0.3 is 0 Å². The number of hydrogen-bond donors (Lipinski definition) is 0. The highest BCUT2D eigenvalue weighted by molar-refractivity contribution is 9.15. The minimum atomic E-state index is 0.999. The quantitative estimate of drug-likeness (QED) is 0.335. The average molecular weight is 500 g/mol. The normalized spacial score (nSPS) is 8.85. The minimum Gasteiger partial charge on any atom is -0.202 e. The number of rotatable bonds is 0. The van der Waals surface area contributed by atoms with Crippen molar-refractivity contribution in [3.8, 4) is 6.57 Å².